The molecule has 0 spiro atoms. The number of benzene rings is 2. The molecule has 25 heavy (non-hydrogen) atoms. The van der Waals surface area contributed by atoms with Crippen LogP contribution in [0.15, 0.2) is 42.5 Å². The second-order valence-corrected chi connectivity index (χ2v) is 7.30. The van der Waals surface area contributed by atoms with E-state index in [2.05, 4.69) is 60.0 Å². The molecule has 0 bridgehead atoms. The van der Waals surface area contributed by atoms with Gasteiger partial charge in [-0.3, -0.25) is 0 Å². The van der Waals surface area contributed by atoms with Crippen molar-refractivity contribution in [2.24, 2.45) is 0 Å². The van der Waals surface area contributed by atoms with Gasteiger partial charge in [-0.25, -0.2) is 0 Å². The zero-order chi connectivity index (χ0) is 17.4. The van der Waals surface area contributed by atoms with Crippen LogP contribution in [-0.2, 0) is 0 Å². The molecule has 1 atom stereocenters. The Morgan fingerprint density at radius 1 is 0.960 bits per heavy atom. The van der Waals surface area contributed by atoms with Crippen molar-refractivity contribution in [2.75, 3.05) is 9.80 Å². The summed E-state index contributed by atoms with van der Waals surface area (Å²) in [5.74, 6) is 0. The molecule has 0 amide bonds. The Kier molecular flexibility index (Phi) is 4.13. The van der Waals surface area contributed by atoms with Crippen molar-refractivity contribution in [1.82, 2.24) is 0 Å². The van der Waals surface area contributed by atoms with Crippen LogP contribution < -0.4 is 9.80 Å². The molecule has 128 valence electrons. The van der Waals surface area contributed by atoms with Crippen LogP contribution in [0.4, 0.5) is 17.1 Å². The third kappa shape index (κ3) is 2.66. The SMILES string of the molecule is Cc1cc(C#N)ccc1N1c2ccccc2N(C2CCCCC2)C1C. The Labute approximate surface area is 150 Å². The van der Waals surface area contributed by atoms with Gasteiger partial charge in [-0.15, -0.1) is 0 Å². The summed E-state index contributed by atoms with van der Waals surface area (Å²) in [5.41, 5.74) is 5.73. The fourth-order valence-electron chi connectivity index (χ4n) is 4.60. The Morgan fingerprint density at radius 2 is 1.68 bits per heavy atom. The zero-order valence-electron chi connectivity index (χ0n) is 15.1. The summed E-state index contributed by atoms with van der Waals surface area (Å²) in [7, 11) is 0. The highest BCUT2D eigenvalue weighted by Gasteiger charge is 2.38. The van der Waals surface area contributed by atoms with Crippen LogP contribution in [0, 0.1) is 18.3 Å². The summed E-state index contributed by atoms with van der Waals surface area (Å²) in [4.78, 5) is 5.08. The summed E-state index contributed by atoms with van der Waals surface area (Å²) in [5, 5.41) is 9.17. The van der Waals surface area contributed by atoms with Gasteiger partial charge in [-0.1, -0.05) is 31.4 Å². The van der Waals surface area contributed by atoms with Crippen molar-refractivity contribution >= 4 is 17.1 Å². The Balaban J connectivity index is 1.78. The number of rotatable bonds is 2. The first-order valence-electron chi connectivity index (χ1n) is 9.38. The minimum absolute atomic E-state index is 0.298. The average Bonchev–Trinajstić information content (AvgIpc) is 2.94. The molecule has 0 saturated heterocycles. The summed E-state index contributed by atoms with van der Waals surface area (Å²) >= 11 is 0. The monoisotopic (exact) mass is 331 g/mol. The smallest absolute Gasteiger partial charge is 0.104 e. The standard InChI is InChI=1S/C22H25N3/c1-16-14-18(15-23)12-13-20(16)25-17(2)24(19-8-4-3-5-9-19)21-10-6-7-11-22(21)25/h6-7,10-14,17,19H,3-5,8-9H2,1-2H3. The highest BCUT2D eigenvalue weighted by atomic mass is 15.4. The normalized spacial score (nSPS) is 20.4. The van der Waals surface area contributed by atoms with Crippen LogP contribution in [0.25, 0.3) is 0 Å². The Hall–Kier alpha value is -2.47. The largest absolute Gasteiger partial charge is 0.346 e. The van der Waals surface area contributed by atoms with E-state index in [1.54, 1.807) is 0 Å². The predicted molar refractivity (Wildman–Crippen MR) is 103 cm³/mol. The molecule has 1 unspecified atom stereocenters. The van der Waals surface area contributed by atoms with Crippen LogP contribution in [0.5, 0.6) is 0 Å². The summed E-state index contributed by atoms with van der Waals surface area (Å²) in [6.07, 6.45) is 6.93. The second-order valence-electron chi connectivity index (χ2n) is 7.30. The van der Waals surface area contributed by atoms with Crippen LogP contribution in [0.1, 0.15) is 50.2 Å². The van der Waals surface area contributed by atoms with Crippen molar-refractivity contribution < 1.29 is 0 Å². The van der Waals surface area contributed by atoms with Crippen molar-refractivity contribution in [3.05, 3.63) is 53.6 Å². The molecule has 2 aromatic carbocycles. The second kappa shape index (κ2) is 6.44. The van der Waals surface area contributed by atoms with Gasteiger partial charge < -0.3 is 9.80 Å². The first kappa shape index (κ1) is 16.0. The molecule has 3 heteroatoms. The molecule has 0 aromatic heterocycles. The van der Waals surface area contributed by atoms with Gasteiger partial charge in [0.2, 0.25) is 0 Å². The van der Waals surface area contributed by atoms with Crippen molar-refractivity contribution in [1.29, 1.82) is 5.26 Å². The van der Waals surface area contributed by atoms with Crippen LogP contribution in [-0.4, -0.2) is 12.2 Å². The maximum atomic E-state index is 9.17. The van der Waals surface area contributed by atoms with Gasteiger partial charge in [0.25, 0.3) is 0 Å². The first-order chi connectivity index (χ1) is 12.2. The zero-order valence-corrected chi connectivity index (χ0v) is 15.1. The van der Waals surface area contributed by atoms with Gasteiger partial charge in [-0.2, -0.15) is 5.26 Å². The number of nitriles is 1. The lowest BCUT2D eigenvalue weighted by atomic mass is 9.93. The minimum Gasteiger partial charge on any atom is -0.346 e. The van der Waals surface area contributed by atoms with Gasteiger partial charge in [0.1, 0.15) is 6.17 Å². The third-order valence-corrected chi connectivity index (χ3v) is 5.75. The number of hydrogen-bond acceptors (Lipinski definition) is 3. The van der Waals surface area contributed by atoms with Crippen molar-refractivity contribution in [3.8, 4) is 6.07 Å². The number of nitrogens with zero attached hydrogens (tertiary/aromatic N) is 3. The molecular formula is C22H25N3. The molecule has 4 rings (SSSR count). The lowest BCUT2D eigenvalue weighted by molar-refractivity contribution is 0.400. The van der Waals surface area contributed by atoms with Crippen LogP contribution in [0.3, 0.4) is 0 Å². The number of hydrogen-bond donors (Lipinski definition) is 0. The highest BCUT2D eigenvalue weighted by molar-refractivity contribution is 5.85. The molecule has 1 heterocycles. The van der Waals surface area contributed by atoms with Gasteiger partial charge in [0, 0.05) is 11.7 Å². The summed E-state index contributed by atoms with van der Waals surface area (Å²) < 4.78 is 0. The van der Waals surface area contributed by atoms with Gasteiger partial charge in [0.05, 0.1) is 23.0 Å². The maximum Gasteiger partial charge on any atom is 0.104 e. The highest BCUT2D eigenvalue weighted by Crippen LogP contribution is 2.47. The van der Waals surface area contributed by atoms with Crippen molar-refractivity contribution in [2.45, 2.75) is 58.2 Å². The van der Waals surface area contributed by atoms with E-state index in [4.69, 9.17) is 5.26 Å². The molecule has 0 radical (unpaired) electrons. The molecule has 1 aliphatic carbocycles. The summed E-state index contributed by atoms with van der Waals surface area (Å²) in [6, 6.07) is 17.7. The minimum atomic E-state index is 0.298. The fourth-order valence-corrected chi connectivity index (χ4v) is 4.60. The van der Waals surface area contributed by atoms with E-state index in [0.717, 1.165) is 11.1 Å². The number of aryl methyl sites for hydroxylation is 1. The van der Waals surface area contributed by atoms with E-state index in [9.17, 15) is 0 Å². The lowest BCUT2D eigenvalue weighted by Gasteiger charge is -2.38. The Bertz CT molecular complexity index is 814. The molecule has 0 N–H and O–H groups in total. The lowest BCUT2D eigenvalue weighted by Crippen LogP contribution is -2.45. The molecule has 1 fully saturated rings. The summed E-state index contributed by atoms with van der Waals surface area (Å²) in [6.45, 7) is 4.42. The van der Waals surface area contributed by atoms with Crippen molar-refractivity contribution in [3.63, 3.8) is 0 Å². The van der Waals surface area contributed by atoms with E-state index in [-0.39, 0.29) is 0 Å². The van der Waals surface area contributed by atoms with E-state index < -0.39 is 0 Å². The van der Waals surface area contributed by atoms with E-state index in [1.165, 1.54) is 49.2 Å². The average molecular weight is 331 g/mol. The molecule has 1 aliphatic heterocycles. The molecule has 3 nitrogen and oxygen atoms in total. The topological polar surface area (TPSA) is 30.3 Å². The maximum absolute atomic E-state index is 9.17. The number of anilines is 3. The fraction of sp³-hybridized carbons (Fsp3) is 0.409. The van der Waals surface area contributed by atoms with Gasteiger partial charge in [-0.05, 0) is 62.6 Å². The Morgan fingerprint density at radius 3 is 2.36 bits per heavy atom. The molecule has 2 aliphatic rings. The predicted octanol–water partition coefficient (Wildman–Crippen LogP) is 5.50. The molecular weight excluding hydrogens is 306 g/mol. The quantitative estimate of drug-likeness (QED) is 0.727. The number of fused-ring (bicyclic) bond motifs is 1. The number of para-hydroxylation sites is 2. The van der Waals surface area contributed by atoms with Crippen LogP contribution in [0.2, 0.25) is 0 Å². The first-order valence-corrected chi connectivity index (χ1v) is 9.38. The van der Waals surface area contributed by atoms with Gasteiger partial charge >= 0.3 is 0 Å². The van der Waals surface area contributed by atoms with E-state index in [0.29, 0.717) is 12.2 Å². The van der Waals surface area contributed by atoms with E-state index >= 15 is 0 Å². The van der Waals surface area contributed by atoms with Gasteiger partial charge in [0.15, 0.2) is 0 Å². The molecule has 2 aromatic rings. The van der Waals surface area contributed by atoms with Crippen LogP contribution >= 0.6 is 0 Å². The molecule has 1 saturated carbocycles. The third-order valence-electron chi connectivity index (χ3n) is 5.75. The van der Waals surface area contributed by atoms with E-state index in [1.807, 2.05) is 12.1 Å².